The SMILES string of the molecule is CCCN(C1CCCCC1)[C@H]1CC[C@H](N(C)Cc2ccc(C(=O)N(Cc3ncc[nH]3)Cc3ncc[nH]3)cc2)CC1. The van der Waals surface area contributed by atoms with E-state index in [-0.39, 0.29) is 5.91 Å². The third kappa shape index (κ3) is 7.40. The van der Waals surface area contributed by atoms with Crippen molar-refractivity contribution in [2.24, 2.45) is 0 Å². The van der Waals surface area contributed by atoms with Gasteiger partial charge in [-0.15, -0.1) is 0 Å². The number of nitrogens with zero attached hydrogens (tertiary/aromatic N) is 5. The molecule has 5 rings (SSSR count). The van der Waals surface area contributed by atoms with Gasteiger partial charge in [0.2, 0.25) is 0 Å². The second-order valence-corrected chi connectivity index (χ2v) is 11.8. The Labute approximate surface area is 239 Å². The van der Waals surface area contributed by atoms with Crippen LogP contribution in [-0.2, 0) is 19.6 Å². The summed E-state index contributed by atoms with van der Waals surface area (Å²) < 4.78 is 0. The summed E-state index contributed by atoms with van der Waals surface area (Å²) in [7, 11) is 2.27. The molecule has 2 N–H and O–H groups in total. The zero-order chi connectivity index (χ0) is 27.7. The summed E-state index contributed by atoms with van der Waals surface area (Å²) in [6, 6.07) is 10.4. The number of rotatable bonds is 12. The molecule has 8 heteroatoms. The highest BCUT2D eigenvalue weighted by Crippen LogP contribution is 2.32. The van der Waals surface area contributed by atoms with Crippen LogP contribution in [0.3, 0.4) is 0 Å². The number of carbonyl (C=O) groups is 1. The summed E-state index contributed by atoms with van der Waals surface area (Å²) in [5.74, 6) is 1.48. The number of aromatic nitrogens is 4. The number of aromatic amines is 2. The molecule has 0 aliphatic heterocycles. The molecule has 8 nitrogen and oxygen atoms in total. The van der Waals surface area contributed by atoms with Gasteiger partial charge >= 0.3 is 0 Å². The molecule has 3 aromatic rings. The molecule has 2 aliphatic rings. The quantitative estimate of drug-likeness (QED) is 0.302. The van der Waals surface area contributed by atoms with E-state index in [0.29, 0.717) is 24.7 Å². The van der Waals surface area contributed by atoms with Gasteiger partial charge in [-0.2, -0.15) is 0 Å². The van der Waals surface area contributed by atoms with Crippen LogP contribution in [0.25, 0.3) is 0 Å². The molecule has 40 heavy (non-hydrogen) atoms. The molecule has 1 aromatic carbocycles. The van der Waals surface area contributed by atoms with Crippen LogP contribution < -0.4 is 0 Å². The number of hydrogen-bond donors (Lipinski definition) is 2. The average molecular weight is 546 g/mol. The van der Waals surface area contributed by atoms with Gasteiger partial charge in [-0.3, -0.25) is 14.6 Å². The molecule has 0 bridgehead atoms. The Balaban J connectivity index is 1.15. The topological polar surface area (TPSA) is 84.2 Å². The first kappa shape index (κ1) is 28.6. The lowest BCUT2D eigenvalue weighted by molar-refractivity contribution is 0.0580. The van der Waals surface area contributed by atoms with Gasteiger partial charge < -0.3 is 14.9 Å². The number of imidazole rings is 2. The van der Waals surface area contributed by atoms with Crippen LogP contribution in [0.5, 0.6) is 0 Å². The number of H-pyrrole nitrogens is 2. The van der Waals surface area contributed by atoms with Crippen molar-refractivity contribution in [2.45, 2.75) is 109 Å². The summed E-state index contributed by atoms with van der Waals surface area (Å²) in [4.78, 5) is 35.5. The van der Waals surface area contributed by atoms with Gasteiger partial charge in [0.25, 0.3) is 5.91 Å². The van der Waals surface area contributed by atoms with Gasteiger partial charge in [0.1, 0.15) is 11.6 Å². The first-order valence-electron chi connectivity index (χ1n) is 15.4. The Bertz CT molecular complexity index is 1090. The number of benzene rings is 1. The number of nitrogens with one attached hydrogen (secondary N) is 2. The molecule has 2 aromatic heterocycles. The van der Waals surface area contributed by atoms with Crippen LogP contribution >= 0.6 is 0 Å². The fourth-order valence-corrected chi connectivity index (χ4v) is 6.85. The van der Waals surface area contributed by atoms with Gasteiger partial charge in [-0.05, 0) is 76.2 Å². The summed E-state index contributed by atoms with van der Waals surface area (Å²) in [5.41, 5.74) is 1.93. The van der Waals surface area contributed by atoms with E-state index in [1.54, 1.807) is 29.7 Å². The van der Waals surface area contributed by atoms with Crippen molar-refractivity contribution in [1.29, 1.82) is 0 Å². The van der Waals surface area contributed by atoms with Gasteiger partial charge in [-0.25, -0.2) is 9.97 Å². The standard InChI is InChI=1S/C32H47N7O/c1-3-21-39(28-7-5-4-6-8-28)29-15-13-27(14-16-29)37(2)22-25-9-11-26(12-10-25)32(40)38(23-30-33-17-18-34-30)24-31-35-19-20-36-31/h9-12,17-20,27-29H,3-8,13-16,21-24H2,1-2H3,(H,33,34)(H,35,36)/t27-,29-. The highest BCUT2D eigenvalue weighted by atomic mass is 16.2. The molecule has 2 heterocycles. The van der Waals surface area contributed by atoms with E-state index >= 15 is 0 Å². The molecular weight excluding hydrogens is 498 g/mol. The van der Waals surface area contributed by atoms with E-state index in [0.717, 1.165) is 30.3 Å². The monoisotopic (exact) mass is 545 g/mol. The molecule has 0 spiro atoms. The number of carbonyl (C=O) groups excluding carboxylic acids is 1. The summed E-state index contributed by atoms with van der Waals surface area (Å²) >= 11 is 0. The molecule has 216 valence electrons. The van der Waals surface area contributed by atoms with Crippen molar-refractivity contribution >= 4 is 5.91 Å². The van der Waals surface area contributed by atoms with Gasteiger partial charge in [0, 0.05) is 55.0 Å². The lowest BCUT2D eigenvalue weighted by Gasteiger charge is -2.44. The van der Waals surface area contributed by atoms with Gasteiger partial charge in [0.15, 0.2) is 0 Å². The normalized spacial score (nSPS) is 20.3. The third-order valence-electron chi connectivity index (χ3n) is 9.00. The van der Waals surface area contributed by atoms with Crippen LogP contribution in [0.15, 0.2) is 49.1 Å². The Kier molecular flexibility index (Phi) is 10.1. The third-order valence-corrected chi connectivity index (χ3v) is 9.00. The van der Waals surface area contributed by atoms with Crippen molar-refractivity contribution in [3.63, 3.8) is 0 Å². The maximum atomic E-state index is 13.5. The molecule has 1 amide bonds. The van der Waals surface area contributed by atoms with E-state index in [4.69, 9.17) is 0 Å². The second kappa shape index (κ2) is 14.1. The first-order chi connectivity index (χ1) is 19.6. The summed E-state index contributed by atoms with van der Waals surface area (Å²) in [6.45, 7) is 5.31. The predicted molar refractivity (Wildman–Crippen MR) is 159 cm³/mol. The fourth-order valence-electron chi connectivity index (χ4n) is 6.85. The smallest absolute Gasteiger partial charge is 0.254 e. The highest BCUT2D eigenvalue weighted by Gasteiger charge is 2.31. The zero-order valence-electron chi connectivity index (χ0n) is 24.4. The summed E-state index contributed by atoms with van der Waals surface area (Å²) in [6.07, 6.45) is 20.5. The number of hydrogen-bond acceptors (Lipinski definition) is 5. The van der Waals surface area contributed by atoms with E-state index < -0.39 is 0 Å². The lowest BCUT2D eigenvalue weighted by Crippen LogP contribution is -2.48. The van der Waals surface area contributed by atoms with E-state index in [9.17, 15) is 4.79 Å². The molecule has 2 fully saturated rings. The van der Waals surface area contributed by atoms with E-state index in [1.165, 1.54) is 76.3 Å². The molecule has 2 aliphatic carbocycles. The van der Waals surface area contributed by atoms with E-state index in [2.05, 4.69) is 55.8 Å². The zero-order valence-corrected chi connectivity index (χ0v) is 24.4. The largest absolute Gasteiger partial charge is 0.347 e. The highest BCUT2D eigenvalue weighted by molar-refractivity contribution is 5.94. The Morgan fingerprint density at radius 3 is 1.93 bits per heavy atom. The number of amides is 1. The maximum Gasteiger partial charge on any atom is 0.254 e. The minimum atomic E-state index is -0.0272. The van der Waals surface area contributed by atoms with Crippen molar-refractivity contribution < 1.29 is 4.79 Å². The van der Waals surface area contributed by atoms with Crippen molar-refractivity contribution in [1.82, 2.24) is 34.6 Å². The van der Waals surface area contributed by atoms with Gasteiger partial charge in [0.05, 0.1) is 13.1 Å². The minimum absolute atomic E-state index is 0.0272. The van der Waals surface area contributed by atoms with Crippen molar-refractivity contribution in [3.05, 3.63) is 71.8 Å². The lowest BCUT2D eigenvalue weighted by atomic mass is 9.86. The first-order valence-corrected chi connectivity index (χ1v) is 15.4. The fraction of sp³-hybridized carbons (Fsp3) is 0.594. The van der Waals surface area contributed by atoms with E-state index in [1.807, 2.05) is 12.1 Å². The maximum absolute atomic E-state index is 13.5. The van der Waals surface area contributed by atoms with Crippen LogP contribution in [-0.4, -0.2) is 72.3 Å². The Morgan fingerprint density at radius 2 is 1.38 bits per heavy atom. The predicted octanol–water partition coefficient (Wildman–Crippen LogP) is 5.76. The van der Waals surface area contributed by atoms with Crippen molar-refractivity contribution in [3.8, 4) is 0 Å². The molecule has 0 radical (unpaired) electrons. The minimum Gasteiger partial charge on any atom is -0.347 e. The molecule has 0 atom stereocenters. The van der Waals surface area contributed by atoms with Crippen LogP contribution in [0.1, 0.15) is 98.7 Å². The molecule has 0 saturated heterocycles. The van der Waals surface area contributed by atoms with Crippen molar-refractivity contribution in [2.75, 3.05) is 13.6 Å². The average Bonchev–Trinajstić information content (AvgIpc) is 3.71. The van der Waals surface area contributed by atoms with Crippen LogP contribution in [0, 0.1) is 0 Å². The van der Waals surface area contributed by atoms with Crippen LogP contribution in [0.2, 0.25) is 0 Å². The Morgan fingerprint density at radius 1 is 0.800 bits per heavy atom. The van der Waals surface area contributed by atoms with Crippen LogP contribution in [0.4, 0.5) is 0 Å². The molecule has 0 unspecified atom stereocenters. The Hall–Kier alpha value is -2.97. The molecule has 2 saturated carbocycles. The van der Waals surface area contributed by atoms with Gasteiger partial charge in [-0.1, -0.05) is 38.3 Å². The molecular formula is C32H47N7O. The summed E-state index contributed by atoms with van der Waals surface area (Å²) in [5, 5.41) is 0. The second-order valence-electron chi connectivity index (χ2n) is 11.8.